The molecule has 2 atom stereocenters. The summed E-state index contributed by atoms with van der Waals surface area (Å²) in [6, 6.07) is 5.64. The molecule has 1 fully saturated rings. The molecule has 0 saturated carbocycles. The second-order valence-corrected chi connectivity index (χ2v) is 5.45. The van der Waals surface area contributed by atoms with Crippen molar-refractivity contribution in [2.75, 3.05) is 33.4 Å². The summed E-state index contributed by atoms with van der Waals surface area (Å²) in [4.78, 5) is 2.23. The molecule has 4 nitrogen and oxygen atoms in total. The molecule has 0 spiro atoms. The molecule has 1 saturated heterocycles. The van der Waals surface area contributed by atoms with E-state index in [1.165, 1.54) is 0 Å². The summed E-state index contributed by atoms with van der Waals surface area (Å²) in [6.45, 7) is 5.05. The summed E-state index contributed by atoms with van der Waals surface area (Å²) in [7, 11) is 2.08. The molecule has 0 aliphatic carbocycles. The molecule has 1 aliphatic heterocycles. The van der Waals surface area contributed by atoms with Crippen LogP contribution in [0.4, 0.5) is 0 Å². The van der Waals surface area contributed by atoms with Crippen LogP contribution in [-0.2, 0) is 4.74 Å². The number of ether oxygens (including phenoxy) is 2. The van der Waals surface area contributed by atoms with Gasteiger partial charge in [-0.25, -0.2) is 0 Å². The maximum absolute atomic E-state index is 6.19. The number of nitrogens with zero attached hydrogens (tertiary/aromatic N) is 1. The van der Waals surface area contributed by atoms with Crippen LogP contribution in [0.15, 0.2) is 18.2 Å². The Bertz CT molecular complexity index is 426. The molecule has 19 heavy (non-hydrogen) atoms. The minimum Gasteiger partial charge on any atom is -0.489 e. The van der Waals surface area contributed by atoms with Crippen LogP contribution in [-0.4, -0.2) is 44.4 Å². The number of hydrogen-bond donors (Lipinski definition) is 1. The second kappa shape index (κ2) is 6.57. The molecule has 2 rings (SSSR count). The maximum Gasteiger partial charge on any atom is 0.138 e. The standard InChI is InChI=1S/C14H21ClN2O2/c1-10(16)11-3-4-14(13(15)7-11)19-9-12-8-17(2)5-6-18-12/h3-4,7,10,12H,5-6,8-9,16H2,1-2H3/t10-,12?/m1/s1. The molecule has 1 aromatic carbocycles. The molecule has 0 aromatic heterocycles. The van der Waals surface area contributed by atoms with Gasteiger partial charge >= 0.3 is 0 Å². The number of halogens is 1. The monoisotopic (exact) mass is 284 g/mol. The summed E-state index contributed by atoms with van der Waals surface area (Å²) in [6.07, 6.45) is 0.0999. The number of nitrogens with two attached hydrogens (primary N) is 1. The van der Waals surface area contributed by atoms with Crippen molar-refractivity contribution < 1.29 is 9.47 Å². The Morgan fingerprint density at radius 2 is 2.37 bits per heavy atom. The first-order chi connectivity index (χ1) is 9.06. The Kier molecular flexibility index (Phi) is 5.05. The van der Waals surface area contributed by atoms with E-state index in [0.29, 0.717) is 17.4 Å². The van der Waals surface area contributed by atoms with Crippen molar-refractivity contribution in [1.82, 2.24) is 4.90 Å². The Balaban J connectivity index is 1.92. The predicted octanol–water partition coefficient (Wildman–Crippen LogP) is 2.07. The normalized spacial score (nSPS) is 22.2. The van der Waals surface area contributed by atoms with Gasteiger partial charge in [-0.3, -0.25) is 0 Å². The van der Waals surface area contributed by atoms with Gasteiger partial charge in [0.1, 0.15) is 18.5 Å². The largest absolute Gasteiger partial charge is 0.489 e. The average Bonchev–Trinajstić information content (AvgIpc) is 2.37. The summed E-state index contributed by atoms with van der Waals surface area (Å²) in [5.41, 5.74) is 6.82. The minimum absolute atomic E-state index is 0.0260. The van der Waals surface area contributed by atoms with E-state index in [1.807, 2.05) is 25.1 Å². The lowest BCUT2D eigenvalue weighted by atomic mass is 10.1. The quantitative estimate of drug-likeness (QED) is 0.919. The molecule has 2 N–H and O–H groups in total. The lowest BCUT2D eigenvalue weighted by Crippen LogP contribution is -2.42. The SMILES string of the molecule is C[C@@H](N)c1ccc(OCC2CN(C)CCO2)c(Cl)c1. The third-order valence-electron chi connectivity index (χ3n) is 3.25. The third kappa shape index (κ3) is 4.08. The number of hydrogen-bond acceptors (Lipinski definition) is 4. The molecule has 1 aromatic rings. The summed E-state index contributed by atoms with van der Waals surface area (Å²) in [5, 5.41) is 0.596. The fourth-order valence-corrected chi connectivity index (χ4v) is 2.31. The first-order valence-electron chi connectivity index (χ1n) is 6.54. The fraction of sp³-hybridized carbons (Fsp3) is 0.571. The Hall–Kier alpha value is -0.810. The topological polar surface area (TPSA) is 47.7 Å². The van der Waals surface area contributed by atoms with E-state index in [0.717, 1.165) is 25.3 Å². The zero-order valence-corrected chi connectivity index (χ0v) is 12.2. The number of likely N-dealkylation sites (N-methyl/N-ethyl adjacent to an activating group) is 1. The molecule has 5 heteroatoms. The summed E-state index contributed by atoms with van der Waals surface area (Å²) >= 11 is 6.19. The van der Waals surface area contributed by atoms with Crippen LogP contribution >= 0.6 is 11.6 Å². The van der Waals surface area contributed by atoms with E-state index < -0.39 is 0 Å². The van der Waals surface area contributed by atoms with E-state index in [9.17, 15) is 0 Å². The Labute approximate surface area is 119 Å². The Morgan fingerprint density at radius 1 is 1.58 bits per heavy atom. The maximum atomic E-state index is 6.19. The van der Waals surface area contributed by atoms with Gasteiger partial charge in [-0.05, 0) is 31.7 Å². The van der Waals surface area contributed by atoms with Gasteiger partial charge in [-0.15, -0.1) is 0 Å². The zero-order valence-electron chi connectivity index (χ0n) is 11.4. The van der Waals surface area contributed by atoms with Gasteiger partial charge in [0.15, 0.2) is 0 Å². The molecular weight excluding hydrogens is 264 g/mol. The Morgan fingerprint density at radius 3 is 3.00 bits per heavy atom. The zero-order chi connectivity index (χ0) is 13.8. The van der Waals surface area contributed by atoms with Crippen LogP contribution in [0, 0.1) is 0 Å². The smallest absolute Gasteiger partial charge is 0.138 e. The highest BCUT2D eigenvalue weighted by Crippen LogP contribution is 2.27. The van der Waals surface area contributed by atoms with Gasteiger partial charge in [0.2, 0.25) is 0 Å². The van der Waals surface area contributed by atoms with Crippen LogP contribution in [0.5, 0.6) is 5.75 Å². The van der Waals surface area contributed by atoms with Gasteiger partial charge in [0.05, 0.1) is 11.6 Å². The number of morpholine rings is 1. The van der Waals surface area contributed by atoms with Crippen LogP contribution in [0.2, 0.25) is 5.02 Å². The van der Waals surface area contributed by atoms with Gasteiger partial charge in [0, 0.05) is 19.1 Å². The second-order valence-electron chi connectivity index (χ2n) is 5.04. The van der Waals surface area contributed by atoms with Gasteiger partial charge in [-0.2, -0.15) is 0 Å². The summed E-state index contributed by atoms with van der Waals surface area (Å²) in [5.74, 6) is 0.683. The molecule has 0 radical (unpaired) electrons. The lowest BCUT2D eigenvalue weighted by Gasteiger charge is -2.29. The van der Waals surface area contributed by atoms with Crippen molar-refractivity contribution >= 4 is 11.6 Å². The predicted molar refractivity (Wildman–Crippen MR) is 76.8 cm³/mol. The van der Waals surface area contributed by atoms with E-state index in [1.54, 1.807) is 0 Å². The molecule has 1 aliphatic rings. The van der Waals surface area contributed by atoms with Crippen molar-refractivity contribution in [3.8, 4) is 5.75 Å². The van der Waals surface area contributed by atoms with Gasteiger partial charge < -0.3 is 20.1 Å². The van der Waals surface area contributed by atoms with Crippen molar-refractivity contribution in [1.29, 1.82) is 0 Å². The van der Waals surface area contributed by atoms with Crippen molar-refractivity contribution in [2.24, 2.45) is 5.73 Å². The van der Waals surface area contributed by atoms with E-state index in [4.69, 9.17) is 26.8 Å². The highest BCUT2D eigenvalue weighted by molar-refractivity contribution is 6.32. The number of benzene rings is 1. The van der Waals surface area contributed by atoms with Crippen LogP contribution in [0.3, 0.4) is 0 Å². The highest BCUT2D eigenvalue weighted by Gasteiger charge is 2.18. The number of rotatable bonds is 4. The lowest BCUT2D eigenvalue weighted by molar-refractivity contribution is -0.0403. The van der Waals surface area contributed by atoms with Crippen LogP contribution in [0.25, 0.3) is 0 Å². The van der Waals surface area contributed by atoms with E-state index >= 15 is 0 Å². The third-order valence-corrected chi connectivity index (χ3v) is 3.54. The van der Waals surface area contributed by atoms with Crippen molar-refractivity contribution in [3.05, 3.63) is 28.8 Å². The van der Waals surface area contributed by atoms with Crippen molar-refractivity contribution in [3.63, 3.8) is 0 Å². The molecular formula is C14H21ClN2O2. The average molecular weight is 285 g/mol. The molecule has 1 heterocycles. The fourth-order valence-electron chi connectivity index (χ4n) is 2.07. The molecule has 0 bridgehead atoms. The highest BCUT2D eigenvalue weighted by atomic mass is 35.5. The van der Waals surface area contributed by atoms with E-state index in [2.05, 4.69) is 11.9 Å². The summed E-state index contributed by atoms with van der Waals surface area (Å²) < 4.78 is 11.4. The van der Waals surface area contributed by atoms with Crippen LogP contribution in [0.1, 0.15) is 18.5 Å². The van der Waals surface area contributed by atoms with Crippen LogP contribution < -0.4 is 10.5 Å². The van der Waals surface area contributed by atoms with Crippen molar-refractivity contribution in [2.45, 2.75) is 19.1 Å². The molecule has 106 valence electrons. The van der Waals surface area contributed by atoms with Gasteiger partial charge in [0.25, 0.3) is 0 Å². The van der Waals surface area contributed by atoms with E-state index in [-0.39, 0.29) is 12.1 Å². The molecule has 1 unspecified atom stereocenters. The minimum atomic E-state index is -0.0260. The first-order valence-corrected chi connectivity index (χ1v) is 6.92. The molecule has 0 amide bonds. The first kappa shape index (κ1) is 14.6. The van der Waals surface area contributed by atoms with Gasteiger partial charge in [-0.1, -0.05) is 17.7 Å².